The van der Waals surface area contributed by atoms with Gasteiger partial charge in [-0.2, -0.15) is 0 Å². The molecule has 0 aromatic carbocycles. The van der Waals surface area contributed by atoms with Crippen molar-refractivity contribution >= 4 is 10.0 Å². The third-order valence-corrected chi connectivity index (χ3v) is 7.09. The predicted molar refractivity (Wildman–Crippen MR) is 82.3 cm³/mol. The lowest BCUT2D eigenvalue weighted by Crippen LogP contribution is -2.55. The average molecular weight is 303 g/mol. The summed E-state index contributed by atoms with van der Waals surface area (Å²) in [5, 5.41) is 2.81. The van der Waals surface area contributed by atoms with Gasteiger partial charge in [0.2, 0.25) is 10.0 Å². The molecule has 3 atom stereocenters. The molecule has 0 radical (unpaired) electrons. The summed E-state index contributed by atoms with van der Waals surface area (Å²) >= 11 is 0. The highest BCUT2D eigenvalue weighted by Gasteiger charge is 2.39. The molecule has 2 aliphatic heterocycles. The second-order valence-electron chi connectivity index (χ2n) is 6.26. The molecule has 0 spiro atoms. The quantitative estimate of drug-likeness (QED) is 0.813. The van der Waals surface area contributed by atoms with E-state index in [1.165, 1.54) is 12.8 Å². The molecule has 5 nitrogen and oxygen atoms in total. The number of rotatable bonds is 5. The average Bonchev–Trinajstić information content (AvgIpc) is 2.44. The molecule has 3 unspecified atom stereocenters. The Balaban J connectivity index is 2.00. The fourth-order valence-corrected chi connectivity index (χ4v) is 5.15. The summed E-state index contributed by atoms with van der Waals surface area (Å²) in [6.07, 6.45) is 3.34. The molecule has 6 heteroatoms. The van der Waals surface area contributed by atoms with E-state index in [9.17, 15) is 8.42 Å². The van der Waals surface area contributed by atoms with Crippen molar-refractivity contribution in [3.05, 3.63) is 0 Å². The highest BCUT2D eigenvalue weighted by Crippen LogP contribution is 2.31. The van der Waals surface area contributed by atoms with E-state index in [1.807, 2.05) is 13.8 Å². The summed E-state index contributed by atoms with van der Waals surface area (Å²) < 4.78 is 27.0. The van der Waals surface area contributed by atoms with Gasteiger partial charge in [-0.25, -0.2) is 12.7 Å². The van der Waals surface area contributed by atoms with Crippen molar-refractivity contribution in [1.82, 2.24) is 14.5 Å². The van der Waals surface area contributed by atoms with Gasteiger partial charge in [0.05, 0.1) is 5.25 Å². The second-order valence-corrected chi connectivity index (χ2v) is 8.61. The van der Waals surface area contributed by atoms with Gasteiger partial charge in [0.15, 0.2) is 0 Å². The number of nitrogens with zero attached hydrogens (tertiary/aromatic N) is 2. The van der Waals surface area contributed by atoms with Gasteiger partial charge in [-0.05, 0) is 52.2 Å². The van der Waals surface area contributed by atoms with Gasteiger partial charge in [0.25, 0.3) is 0 Å². The Morgan fingerprint density at radius 2 is 2.05 bits per heavy atom. The van der Waals surface area contributed by atoms with Crippen LogP contribution < -0.4 is 5.32 Å². The molecular weight excluding hydrogens is 274 g/mol. The smallest absolute Gasteiger partial charge is 0.217 e. The predicted octanol–water partition coefficient (Wildman–Crippen LogP) is 0.730. The van der Waals surface area contributed by atoms with Crippen molar-refractivity contribution in [3.8, 4) is 0 Å². The van der Waals surface area contributed by atoms with Crippen LogP contribution in [0.2, 0.25) is 0 Å². The standard InChI is InChI=1S/C14H29N3O2S/c1-4-15-10-12(2)20(18,19)17-9-7-14-13(11-17)6-5-8-16(14)3/h12-15H,4-11H2,1-3H3. The monoisotopic (exact) mass is 303 g/mol. The van der Waals surface area contributed by atoms with Gasteiger partial charge in [-0.15, -0.1) is 0 Å². The molecule has 2 heterocycles. The number of fused-ring (bicyclic) bond motifs is 1. The molecule has 0 aromatic rings. The van der Waals surface area contributed by atoms with Crippen LogP contribution in [0.3, 0.4) is 0 Å². The van der Waals surface area contributed by atoms with Crippen molar-refractivity contribution in [2.24, 2.45) is 5.92 Å². The van der Waals surface area contributed by atoms with Gasteiger partial charge in [0, 0.05) is 25.7 Å². The first-order chi connectivity index (χ1) is 9.46. The van der Waals surface area contributed by atoms with E-state index in [-0.39, 0.29) is 5.25 Å². The normalized spacial score (nSPS) is 30.9. The van der Waals surface area contributed by atoms with Crippen LogP contribution in [-0.2, 0) is 10.0 Å². The Kier molecular flexibility index (Phi) is 5.45. The fourth-order valence-electron chi connectivity index (χ4n) is 3.56. The SMILES string of the molecule is CCNCC(C)S(=O)(=O)N1CCC2C(CCCN2C)C1. The summed E-state index contributed by atoms with van der Waals surface area (Å²) in [5.74, 6) is 0.517. The Hall–Kier alpha value is -0.170. The summed E-state index contributed by atoms with van der Waals surface area (Å²) in [5.41, 5.74) is 0. The van der Waals surface area contributed by atoms with Crippen LogP contribution in [0.15, 0.2) is 0 Å². The number of nitrogens with one attached hydrogen (secondary N) is 1. The lowest BCUT2D eigenvalue weighted by atomic mass is 9.85. The lowest BCUT2D eigenvalue weighted by molar-refractivity contribution is 0.0668. The van der Waals surface area contributed by atoms with Gasteiger partial charge < -0.3 is 10.2 Å². The van der Waals surface area contributed by atoms with Crippen molar-refractivity contribution in [3.63, 3.8) is 0 Å². The Bertz CT molecular complexity index is 413. The molecule has 0 saturated carbocycles. The maximum atomic E-state index is 12.6. The summed E-state index contributed by atoms with van der Waals surface area (Å²) in [6, 6.07) is 0.583. The zero-order valence-electron chi connectivity index (χ0n) is 13.0. The third-order valence-electron chi connectivity index (χ3n) is 4.86. The first-order valence-electron chi connectivity index (χ1n) is 7.86. The summed E-state index contributed by atoms with van der Waals surface area (Å²) in [6.45, 7) is 7.74. The van der Waals surface area contributed by atoms with Crippen LogP contribution in [-0.4, -0.2) is 68.7 Å². The Morgan fingerprint density at radius 3 is 2.75 bits per heavy atom. The molecular formula is C14H29N3O2S. The van der Waals surface area contributed by atoms with Crippen LogP contribution in [0.1, 0.15) is 33.1 Å². The Morgan fingerprint density at radius 1 is 1.30 bits per heavy atom. The zero-order valence-corrected chi connectivity index (χ0v) is 13.8. The molecule has 0 aromatic heterocycles. The minimum Gasteiger partial charge on any atom is -0.316 e. The van der Waals surface area contributed by atoms with Crippen LogP contribution in [0.5, 0.6) is 0 Å². The van der Waals surface area contributed by atoms with Crippen molar-refractivity contribution in [2.45, 2.75) is 44.4 Å². The molecule has 2 aliphatic rings. The van der Waals surface area contributed by atoms with Crippen molar-refractivity contribution in [1.29, 1.82) is 0 Å². The molecule has 0 amide bonds. The number of likely N-dealkylation sites (tertiary alicyclic amines) is 1. The van der Waals surface area contributed by atoms with Gasteiger partial charge in [-0.1, -0.05) is 6.92 Å². The number of hydrogen-bond acceptors (Lipinski definition) is 4. The minimum atomic E-state index is -3.15. The minimum absolute atomic E-state index is 0.333. The van der Waals surface area contributed by atoms with Crippen molar-refractivity contribution < 1.29 is 8.42 Å². The van der Waals surface area contributed by atoms with E-state index in [0.29, 0.717) is 31.6 Å². The van der Waals surface area contributed by atoms with Crippen LogP contribution in [0.25, 0.3) is 0 Å². The van der Waals surface area contributed by atoms with E-state index < -0.39 is 10.0 Å². The summed E-state index contributed by atoms with van der Waals surface area (Å²) in [4.78, 5) is 2.42. The van der Waals surface area contributed by atoms with Crippen molar-refractivity contribution in [2.75, 3.05) is 39.8 Å². The first-order valence-corrected chi connectivity index (χ1v) is 9.37. The van der Waals surface area contributed by atoms with E-state index in [0.717, 1.165) is 19.5 Å². The highest BCUT2D eigenvalue weighted by molar-refractivity contribution is 7.89. The number of hydrogen-bond donors (Lipinski definition) is 1. The van der Waals surface area contributed by atoms with E-state index in [2.05, 4.69) is 17.3 Å². The van der Waals surface area contributed by atoms with Gasteiger partial charge in [-0.3, -0.25) is 0 Å². The van der Waals surface area contributed by atoms with Crippen LogP contribution in [0, 0.1) is 5.92 Å². The third kappa shape index (κ3) is 3.35. The van der Waals surface area contributed by atoms with Gasteiger partial charge in [0.1, 0.15) is 0 Å². The van der Waals surface area contributed by atoms with E-state index >= 15 is 0 Å². The molecule has 2 rings (SSSR count). The molecule has 0 bridgehead atoms. The molecule has 2 fully saturated rings. The number of sulfonamides is 1. The fraction of sp³-hybridized carbons (Fsp3) is 1.00. The van der Waals surface area contributed by atoms with E-state index in [1.54, 1.807) is 4.31 Å². The highest BCUT2D eigenvalue weighted by atomic mass is 32.2. The largest absolute Gasteiger partial charge is 0.316 e. The molecule has 2 saturated heterocycles. The number of piperidine rings is 2. The summed E-state index contributed by atoms with van der Waals surface area (Å²) in [7, 11) is -0.975. The maximum Gasteiger partial charge on any atom is 0.217 e. The first kappa shape index (κ1) is 16.2. The molecule has 1 N–H and O–H groups in total. The lowest BCUT2D eigenvalue weighted by Gasteiger charge is -2.45. The van der Waals surface area contributed by atoms with Crippen LogP contribution in [0.4, 0.5) is 0 Å². The van der Waals surface area contributed by atoms with E-state index in [4.69, 9.17) is 0 Å². The topological polar surface area (TPSA) is 52.7 Å². The maximum absolute atomic E-state index is 12.6. The molecule has 118 valence electrons. The zero-order chi connectivity index (χ0) is 14.8. The van der Waals surface area contributed by atoms with Crippen LogP contribution >= 0.6 is 0 Å². The molecule has 0 aliphatic carbocycles. The Labute approximate surface area is 123 Å². The van der Waals surface area contributed by atoms with Gasteiger partial charge >= 0.3 is 0 Å². The second kappa shape index (κ2) is 6.73. The molecule has 20 heavy (non-hydrogen) atoms.